The van der Waals surface area contributed by atoms with Gasteiger partial charge in [0.15, 0.2) is 0 Å². The molecule has 0 N–H and O–H groups in total. The van der Waals surface area contributed by atoms with Crippen LogP contribution in [-0.4, -0.2) is 131 Å². The van der Waals surface area contributed by atoms with Crippen LogP contribution in [0.3, 0.4) is 0 Å². The summed E-state index contributed by atoms with van der Waals surface area (Å²) in [6.07, 6.45) is 6.75. The van der Waals surface area contributed by atoms with Crippen LogP contribution in [0.4, 0.5) is 11.5 Å². The first-order chi connectivity index (χ1) is 24.3. The molecule has 7 rings (SSSR count). The molecule has 3 aromatic rings. The third-order valence-electron chi connectivity index (χ3n) is 10.8. The summed E-state index contributed by atoms with van der Waals surface area (Å²) in [6, 6.07) is 16.0. The fraction of sp³-hybridized carbons (Fsp3) is 0.526. The Morgan fingerprint density at radius 3 is 2.70 bits per heavy atom. The Kier molecular flexibility index (Phi) is 10.4. The van der Waals surface area contributed by atoms with Gasteiger partial charge in [-0.3, -0.25) is 9.69 Å². The number of fused-ring (bicyclic) bond motifs is 2. The molecule has 12 heteroatoms. The summed E-state index contributed by atoms with van der Waals surface area (Å²) in [6.45, 7) is 10.6. The first-order valence-electron chi connectivity index (χ1n) is 17.9. The van der Waals surface area contributed by atoms with E-state index in [0.29, 0.717) is 64.6 Å². The smallest absolute Gasteiger partial charge is 0.318 e. The topological polar surface area (TPSA) is 101 Å². The molecular formula is C38H47N8O3Si. The fourth-order valence-corrected chi connectivity index (χ4v) is 8.42. The molecule has 11 nitrogen and oxygen atoms in total. The summed E-state index contributed by atoms with van der Waals surface area (Å²) < 4.78 is 11.8. The number of likely N-dealkylation sites (N-methyl/N-ethyl adjacent to an activating group) is 1. The zero-order chi connectivity index (χ0) is 34.7. The molecule has 0 saturated carbocycles. The molecule has 4 aliphatic rings. The number of nitrogens with zero attached hydrogens (tertiary/aromatic N) is 8. The Morgan fingerprint density at radius 1 is 1.10 bits per heavy atom. The minimum absolute atomic E-state index is 0.0985. The highest BCUT2D eigenvalue weighted by Gasteiger charge is 2.41. The third kappa shape index (κ3) is 7.23. The van der Waals surface area contributed by atoms with E-state index in [4.69, 9.17) is 19.4 Å². The van der Waals surface area contributed by atoms with Crippen molar-refractivity contribution in [3.05, 3.63) is 65.4 Å². The predicted molar refractivity (Wildman–Crippen MR) is 196 cm³/mol. The summed E-state index contributed by atoms with van der Waals surface area (Å²) in [4.78, 5) is 34.7. The molecule has 1 amide bonds. The summed E-state index contributed by atoms with van der Waals surface area (Å²) in [5.74, 6) is 0.743. The maximum atomic E-state index is 13.6. The van der Waals surface area contributed by atoms with Crippen LogP contribution in [0.2, 0.25) is 0 Å². The molecule has 3 fully saturated rings. The van der Waals surface area contributed by atoms with E-state index >= 15 is 0 Å². The van der Waals surface area contributed by atoms with Crippen LogP contribution in [-0.2, 0) is 22.5 Å². The predicted octanol–water partition coefficient (Wildman–Crippen LogP) is 3.29. The van der Waals surface area contributed by atoms with E-state index in [9.17, 15) is 10.1 Å². The fourth-order valence-electron chi connectivity index (χ4n) is 7.93. The number of nitriles is 1. The minimum atomic E-state index is -0.875. The molecule has 0 spiro atoms. The Balaban J connectivity index is 1.16. The van der Waals surface area contributed by atoms with Gasteiger partial charge in [-0.15, -0.1) is 0 Å². The Labute approximate surface area is 298 Å². The molecule has 0 unspecified atom stereocenters. The number of ether oxygens (including phenoxy) is 2. The van der Waals surface area contributed by atoms with Gasteiger partial charge >= 0.3 is 6.01 Å². The van der Waals surface area contributed by atoms with Crippen molar-refractivity contribution in [1.82, 2.24) is 24.7 Å². The highest BCUT2D eigenvalue weighted by molar-refractivity contribution is 6.18. The van der Waals surface area contributed by atoms with Crippen LogP contribution in [0.5, 0.6) is 6.01 Å². The van der Waals surface area contributed by atoms with Crippen LogP contribution in [0, 0.1) is 18.3 Å². The summed E-state index contributed by atoms with van der Waals surface area (Å²) in [5.41, 5.74) is 4.54. The van der Waals surface area contributed by atoms with Crippen molar-refractivity contribution in [3.63, 3.8) is 0 Å². The molecular weight excluding hydrogens is 645 g/mol. The second-order valence-corrected chi connectivity index (χ2v) is 15.0. The summed E-state index contributed by atoms with van der Waals surface area (Å²) >= 11 is 0. The van der Waals surface area contributed by atoms with E-state index in [2.05, 4.69) is 86.3 Å². The normalized spacial score (nSPS) is 23.4. The monoisotopic (exact) mass is 691 g/mol. The number of likely N-dealkylation sites (tertiary alicyclic amines) is 1. The van der Waals surface area contributed by atoms with Crippen LogP contribution >= 0.6 is 0 Å². The number of hydrogen-bond acceptors (Lipinski definition) is 10. The van der Waals surface area contributed by atoms with E-state index in [-0.39, 0.29) is 12.3 Å². The van der Waals surface area contributed by atoms with Gasteiger partial charge in [-0.05, 0) is 56.8 Å². The van der Waals surface area contributed by atoms with Gasteiger partial charge < -0.3 is 29.1 Å². The van der Waals surface area contributed by atoms with E-state index in [1.165, 1.54) is 22.0 Å². The molecule has 2 aromatic carbocycles. The molecule has 0 bridgehead atoms. The molecule has 5 heterocycles. The van der Waals surface area contributed by atoms with Crippen molar-refractivity contribution in [1.29, 1.82) is 5.26 Å². The second-order valence-electron chi connectivity index (χ2n) is 14.1. The standard InChI is InChI=1S/C38H47N8O3Si/c1-28-7-3-8-29-9-4-11-33(35(28)29)44-18-13-31-32(25-44)40-37(49-26-30-10-5-16-42(30)2)41-36(31)45-19-20-46(38(50,27-45)14-15-39)34(47)12-6-17-43-21-23-48-24-22-43/h3-4,6-9,11-12,30H,5,10,13-14,16-27H2,1-2H3/b12-6+/t30-,38-/m0/s1. The molecule has 261 valence electrons. The second kappa shape index (κ2) is 15.1. The van der Waals surface area contributed by atoms with Crippen LogP contribution < -0.4 is 14.5 Å². The number of morpholine rings is 1. The van der Waals surface area contributed by atoms with Crippen molar-refractivity contribution in [2.75, 3.05) is 89.0 Å². The highest BCUT2D eigenvalue weighted by atomic mass is 28.1. The molecule has 1 aromatic heterocycles. The zero-order valence-corrected chi connectivity index (χ0v) is 30.3. The number of carbonyl (C=O) groups excluding carboxylic acids is 1. The van der Waals surface area contributed by atoms with E-state index < -0.39 is 5.16 Å². The average Bonchev–Trinajstić information content (AvgIpc) is 3.54. The van der Waals surface area contributed by atoms with Crippen molar-refractivity contribution in [2.45, 2.75) is 50.4 Å². The largest absolute Gasteiger partial charge is 0.462 e. The zero-order valence-electron chi connectivity index (χ0n) is 29.3. The first kappa shape index (κ1) is 34.4. The summed E-state index contributed by atoms with van der Waals surface area (Å²) in [5, 5.41) is 11.5. The number of hydrogen-bond donors (Lipinski definition) is 0. The van der Waals surface area contributed by atoms with Crippen LogP contribution in [0.25, 0.3) is 10.8 Å². The number of aryl methyl sites for hydroxylation is 1. The number of anilines is 2. The Morgan fingerprint density at radius 2 is 1.92 bits per heavy atom. The lowest BCUT2D eigenvalue weighted by Gasteiger charge is -2.48. The van der Waals surface area contributed by atoms with Crippen LogP contribution in [0.1, 0.15) is 36.1 Å². The third-order valence-corrected chi connectivity index (χ3v) is 11.4. The van der Waals surface area contributed by atoms with Crippen molar-refractivity contribution >= 4 is 38.4 Å². The van der Waals surface area contributed by atoms with Gasteiger partial charge in [0.25, 0.3) is 0 Å². The van der Waals surface area contributed by atoms with Gasteiger partial charge in [0.1, 0.15) is 12.4 Å². The molecule has 50 heavy (non-hydrogen) atoms. The Bertz CT molecular complexity index is 1770. The lowest BCUT2D eigenvalue weighted by Crippen LogP contribution is -2.64. The number of rotatable bonds is 9. The van der Waals surface area contributed by atoms with Crippen molar-refractivity contribution in [3.8, 4) is 12.1 Å². The van der Waals surface area contributed by atoms with Crippen LogP contribution in [0.15, 0.2) is 48.6 Å². The van der Waals surface area contributed by atoms with E-state index in [0.717, 1.165) is 62.5 Å². The summed E-state index contributed by atoms with van der Waals surface area (Å²) in [7, 11) is 6.10. The highest BCUT2D eigenvalue weighted by Crippen LogP contribution is 2.37. The number of carbonyl (C=O) groups is 1. The first-order valence-corrected chi connectivity index (χ1v) is 18.4. The van der Waals surface area contributed by atoms with Gasteiger partial charge in [0.05, 0.1) is 53.3 Å². The quantitative estimate of drug-likeness (QED) is 0.246. The number of amides is 1. The average molecular weight is 692 g/mol. The molecule has 3 radical (unpaired) electrons. The lowest BCUT2D eigenvalue weighted by molar-refractivity contribution is -0.129. The van der Waals surface area contributed by atoms with Crippen molar-refractivity contribution < 1.29 is 14.3 Å². The van der Waals surface area contributed by atoms with E-state index in [1.54, 1.807) is 11.0 Å². The van der Waals surface area contributed by atoms with Gasteiger partial charge in [-0.25, -0.2) is 0 Å². The van der Waals surface area contributed by atoms with Gasteiger partial charge in [-0.2, -0.15) is 15.2 Å². The number of benzene rings is 2. The van der Waals surface area contributed by atoms with E-state index in [1.807, 2.05) is 6.08 Å². The van der Waals surface area contributed by atoms with Crippen molar-refractivity contribution in [2.24, 2.45) is 0 Å². The maximum absolute atomic E-state index is 13.6. The molecule has 4 aliphatic heterocycles. The lowest BCUT2D eigenvalue weighted by atomic mass is 9.99. The van der Waals surface area contributed by atoms with Gasteiger partial charge in [0.2, 0.25) is 5.91 Å². The molecule has 3 saturated heterocycles. The molecule has 2 atom stereocenters. The minimum Gasteiger partial charge on any atom is -0.462 e. The number of piperazine rings is 1. The maximum Gasteiger partial charge on any atom is 0.318 e. The Hall–Kier alpha value is -4.02. The van der Waals surface area contributed by atoms with Gasteiger partial charge in [-0.1, -0.05) is 36.4 Å². The van der Waals surface area contributed by atoms with Gasteiger partial charge in [0, 0.05) is 74.6 Å². The molecule has 0 aliphatic carbocycles. The number of aromatic nitrogens is 2. The SMILES string of the molecule is Cc1cccc2cccc(N3CCc4c(nc(OC[C@@H]5CCCN5C)nc4N4CCN(C(=O)/C=C/CN5CCOCC5)[C@]([Si])(CC#N)C4)C3)c12.